The van der Waals surface area contributed by atoms with Gasteiger partial charge in [0.2, 0.25) is 10.0 Å². The average Bonchev–Trinajstić information content (AvgIpc) is 2.61. The molecule has 0 aliphatic carbocycles. The van der Waals surface area contributed by atoms with Gasteiger partial charge >= 0.3 is 0 Å². The van der Waals surface area contributed by atoms with Crippen LogP contribution in [0.4, 0.5) is 5.69 Å². The van der Waals surface area contributed by atoms with Crippen molar-refractivity contribution in [1.82, 2.24) is 14.3 Å². The van der Waals surface area contributed by atoms with E-state index in [0.717, 1.165) is 48.5 Å². The van der Waals surface area contributed by atoms with Gasteiger partial charge in [-0.05, 0) is 56.7 Å². The molecule has 1 aromatic heterocycles. The molecule has 10 heteroatoms. The summed E-state index contributed by atoms with van der Waals surface area (Å²) in [4.78, 5) is 19.8. The smallest absolute Gasteiger partial charge is 0.258 e. The van der Waals surface area contributed by atoms with E-state index in [9.17, 15) is 18.5 Å². The molecule has 0 amide bonds. The van der Waals surface area contributed by atoms with Gasteiger partial charge < -0.3 is 0 Å². The molecule has 8 nitrogen and oxygen atoms in total. The number of nitro groups is 1. The molecular formula is C17H20N4O4S2. The van der Waals surface area contributed by atoms with E-state index in [1.54, 1.807) is 0 Å². The van der Waals surface area contributed by atoms with Crippen LogP contribution in [0.2, 0.25) is 0 Å². The van der Waals surface area contributed by atoms with Crippen LogP contribution in [0.3, 0.4) is 0 Å². The highest BCUT2D eigenvalue weighted by Crippen LogP contribution is 2.35. The molecule has 0 spiro atoms. The molecule has 2 aromatic rings. The second kappa shape index (κ2) is 7.91. The van der Waals surface area contributed by atoms with Crippen molar-refractivity contribution in [1.29, 1.82) is 0 Å². The number of aryl methyl sites for hydroxylation is 2. The van der Waals surface area contributed by atoms with Crippen LogP contribution in [0, 0.1) is 24.0 Å². The number of rotatable bonds is 5. The highest BCUT2D eigenvalue weighted by atomic mass is 32.2. The number of hydrogen-bond acceptors (Lipinski definition) is 7. The summed E-state index contributed by atoms with van der Waals surface area (Å²) in [6.07, 6.45) is 2.61. The number of aromatic nitrogens is 2. The zero-order chi connectivity index (χ0) is 19.6. The number of benzene rings is 1. The molecule has 1 aliphatic rings. The van der Waals surface area contributed by atoms with Crippen LogP contribution in [0.15, 0.2) is 39.2 Å². The molecule has 1 fully saturated rings. The molecule has 0 unspecified atom stereocenters. The van der Waals surface area contributed by atoms with E-state index >= 15 is 0 Å². The van der Waals surface area contributed by atoms with Crippen molar-refractivity contribution >= 4 is 27.5 Å². The summed E-state index contributed by atoms with van der Waals surface area (Å²) >= 11 is 1.05. The fraction of sp³-hybridized carbons (Fsp3) is 0.412. The van der Waals surface area contributed by atoms with Crippen molar-refractivity contribution in [3.63, 3.8) is 0 Å². The van der Waals surface area contributed by atoms with E-state index in [0.29, 0.717) is 23.1 Å². The molecule has 27 heavy (non-hydrogen) atoms. The predicted octanol–water partition coefficient (Wildman–Crippen LogP) is 3.33. The van der Waals surface area contributed by atoms with Crippen LogP contribution in [0.5, 0.6) is 0 Å². The minimum absolute atomic E-state index is 0.0539. The Kier molecular flexibility index (Phi) is 5.78. The van der Waals surface area contributed by atoms with E-state index in [-0.39, 0.29) is 10.6 Å². The van der Waals surface area contributed by atoms with Gasteiger partial charge in [-0.25, -0.2) is 18.4 Å². The second-order valence-electron chi connectivity index (χ2n) is 6.39. The predicted molar refractivity (Wildman–Crippen MR) is 101 cm³/mol. The first-order chi connectivity index (χ1) is 12.8. The number of piperidine rings is 1. The highest BCUT2D eigenvalue weighted by Gasteiger charge is 2.28. The van der Waals surface area contributed by atoms with Crippen molar-refractivity contribution in [3.05, 3.63) is 45.8 Å². The van der Waals surface area contributed by atoms with Gasteiger partial charge in [0.05, 0.1) is 14.7 Å². The normalized spacial score (nSPS) is 15.6. The molecule has 1 aliphatic heterocycles. The van der Waals surface area contributed by atoms with Gasteiger partial charge in [0.25, 0.3) is 5.69 Å². The quantitative estimate of drug-likeness (QED) is 0.424. The zero-order valence-corrected chi connectivity index (χ0v) is 16.7. The minimum Gasteiger partial charge on any atom is -0.258 e. The number of nitrogens with zero attached hydrogens (tertiary/aromatic N) is 4. The monoisotopic (exact) mass is 408 g/mol. The fourth-order valence-corrected chi connectivity index (χ4v) is 5.47. The van der Waals surface area contributed by atoms with Gasteiger partial charge in [0.1, 0.15) is 0 Å². The van der Waals surface area contributed by atoms with Crippen molar-refractivity contribution in [2.75, 3.05) is 13.1 Å². The molecular weight excluding hydrogens is 388 g/mol. The van der Waals surface area contributed by atoms with E-state index < -0.39 is 14.9 Å². The Morgan fingerprint density at radius 2 is 1.70 bits per heavy atom. The van der Waals surface area contributed by atoms with Crippen molar-refractivity contribution in [2.24, 2.45) is 0 Å². The third kappa shape index (κ3) is 4.45. The molecule has 144 valence electrons. The first-order valence-corrected chi connectivity index (χ1v) is 10.8. The standard InChI is InChI=1S/C17H20N4O4S2/c1-12-10-13(2)19-17(18-12)26-16-7-6-14(11-15(16)21(22)23)27(24,25)20-8-4-3-5-9-20/h6-7,10-11H,3-5,8-9H2,1-2H3. The Labute approximate surface area is 162 Å². The minimum atomic E-state index is -3.73. The van der Waals surface area contributed by atoms with Crippen LogP contribution in [-0.2, 0) is 10.0 Å². The molecule has 1 saturated heterocycles. The Bertz CT molecular complexity index is 953. The van der Waals surface area contributed by atoms with Crippen LogP contribution >= 0.6 is 11.8 Å². The van der Waals surface area contributed by atoms with E-state index in [2.05, 4.69) is 9.97 Å². The van der Waals surface area contributed by atoms with Crippen LogP contribution < -0.4 is 0 Å². The summed E-state index contributed by atoms with van der Waals surface area (Å²) in [5.41, 5.74) is 1.26. The maximum absolute atomic E-state index is 12.8. The molecule has 0 saturated carbocycles. The first kappa shape index (κ1) is 19.7. The molecule has 1 aromatic carbocycles. The van der Waals surface area contributed by atoms with Crippen LogP contribution in [0.1, 0.15) is 30.7 Å². The second-order valence-corrected chi connectivity index (χ2v) is 9.33. The van der Waals surface area contributed by atoms with Crippen LogP contribution in [0.25, 0.3) is 0 Å². The molecule has 3 rings (SSSR count). The number of sulfonamides is 1. The SMILES string of the molecule is Cc1cc(C)nc(Sc2ccc(S(=O)(=O)N3CCCCC3)cc2[N+](=O)[O-])n1. The van der Waals surface area contributed by atoms with Gasteiger partial charge in [0.15, 0.2) is 5.16 Å². The van der Waals surface area contributed by atoms with Gasteiger partial charge in [-0.1, -0.05) is 6.42 Å². The summed E-state index contributed by atoms with van der Waals surface area (Å²) in [6.45, 7) is 4.54. The van der Waals surface area contributed by atoms with Gasteiger partial charge in [0, 0.05) is 30.5 Å². The Hall–Kier alpha value is -2.04. The van der Waals surface area contributed by atoms with E-state index in [1.807, 2.05) is 19.9 Å². The highest BCUT2D eigenvalue weighted by molar-refractivity contribution is 7.99. The summed E-state index contributed by atoms with van der Waals surface area (Å²) in [7, 11) is -3.73. The Balaban J connectivity index is 1.96. The summed E-state index contributed by atoms with van der Waals surface area (Å²) in [5.74, 6) is 0. The van der Waals surface area contributed by atoms with Crippen molar-refractivity contribution in [3.8, 4) is 0 Å². The van der Waals surface area contributed by atoms with Gasteiger partial charge in [-0.15, -0.1) is 0 Å². The Morgan fingerprint density at radius 1 is 1.07 bits per heavy atom. The summed E-state index contributed by atoms with van der Waals surface area (Å²) in [6, 6.07) is 5.82. The average molecular weight is 409 g/mol. The zero-order valence-electron chi connectivity index (χ0n) is 15.1. The number of nitro benzene ring substituents is 1. The maximum Gasteiger partial charge on any atom is 0.284 e. The maximum atomic E-state index is 12.8. The summed E-state index contributed by atoms with van der Waals surface area (Å²) in [5, 5.41) is 11.9. The van der Waals surface area contributed by atoms with Crippen LogP contribution in [-0.4, -0.2) is 40.7 Å². The molecule has 2 heterocycles. The third-order valence-corrected chi connectivity index (χ3v) is 7.07. The molecule has 0 bridgehead atoms. The lowest BCUT2D eigenvalue weighted by Gasteiger charge is -2.25. The molecule has 0 N–H and O–H groups in total. The lowest BCUT2D eigenvalue weighted by molar-refractivity contribution is -0.388. The van der Waals surface area contributed by atoms with Gasteiger partial charge in [-0.3, -0.25) is 10.1 Å². The van der Waals surface area contributed by atoms with Gasteiger partial charge in [-0.2, -0.15) is 4.31 Å². The fourth-order valence-electron chi connectivity index (χ4n) is 2.98. The Morgan fingerprint density at radius 3 is 2.30 bits per heavy atom. The molecule has 0 radical (unpaired) electrons. The lowest BCUT2D eigenvalue weighted by Crippen LogP contribution is -2.35. The van der Waals surface area contributed by atoms with Crippen molar-refractivity contribution in [2.45, 2.75) is 48.1 Å². The summed E-state index contributed by atoms with van der Waals surface area (Å²) < 4.78 is 27.0. The van der Waals surface area contributed by atoms with E-state index in [4.69, 9.17) is 0 Å². The third-order valence-electron chi connectivity index (χ3n) is 4.24. The largest absolute Gasteiger partial charge is 0.284 e. The first-order valence-electron chi connectivity index (χ1n) is 8.56. The number of hydrogen-bond donors (Lipinski definition) is 0. The lowest BCUT2D eigenvalue weighted by atomic mass is 10.2. The molecule has 0 atom stereocenters. The van der Waals surface area contributed by atoms with E-state index in [1.165, 1.54) is 16.4 Å². The van der Waals surface area contributed by atoms with Crippen molar-refractivity contribution < 1.29 is 13.3 Å². The topological polar surface area (TPSA) is 106 Å².